The number of hydrogen-bond donors (Lipinski definition) is 1. The van der Waals surface area contributed by atoms with Gasteiger partial charge in [-0.2, -0.15) is 0 Å². The molecule has 0 radical (unpaired) electrons. The van der Waals surface area contributed by atoms with Gasteiger partial charge in [0.15, 0.2) is 0 Å². The molecule has 0 aliphatic heterocycles. The van der Waals surface area contributed by atoms with Gasteiger partial charge in [0.2, 0.25) is 0 Å². The fourth-order valence-corrected chi connectivity index (χ4v) is 3.32. The van der Waals surface area contributed by atoms with E-state index in [2.05, 4.69) is 41.8 Å². The van der Waals surface area contributed by atoms with Gasteiger partial charge in [-0.3, -0.25) is 0 Å². The van der Waals surface area contributed by atoms with Crippen molar-refractivity contribution in [2.45, 2.75) is 52.1 Å². The Bertz CT molecular complexity index is 320. The Balaban J connectivity index is 2.12. The molecule has 1 aromatic rings. The topological polar surface area (TPSA) is 29.9 Å². The van der Waals surface area contributed by atoms with Crippen LogP contribution in [0.2, 0.25) is 0 Å². The minimum Gasteiger partial charge on any atom is -0.333 e. The molecule has 0 saturated heterocycles. The van der Waals surface area contributed by atoms with Crippen LogP contribution in [-0.4, -0.2) is 22.1 Å². The Hall–Kier alpha value is -0.830. The highest BCUT2D eigenvalue weighted by Gasteiger charge is 2.34. The van der Waals surface area contributed by atoms with Crippen LogP contribution in [0.25, 0.3) is 0 Å². The maximum absolute atomic E-state index is 4.20. The fraction of sp³-hybridized carbons (Fsp3) is 0.786. The molecule has 96 valence electrons. The normalized spacial score (nSPS) is 33.8. The van der Waals surface area contributed by atoms with Gasteiger partial charge < -0.3 is 9.88 Å². The fourth-order valence-electron chi connectivity index (χ4n) is 3.32. The maximum Gasteiger partial charge on any atom is 0.0949 e. The first kappa shape index (κ1) is 12.6. The van der Waals surface area contributed by atoms with Gasteiger partial charge in [0, 0.05) is 18.4 Å². The number of hydrogen-bond acceptors (Lipinski definition) is 2. The molecule has 3 heteroatoms. The molecule has 1 fully saturated rings. The molecule has 1 aliphatic rings. The van der Waals surface area contributed by atoms with Crippen LogP contribution >= 0.6 is 0 Å². The zero-order valence-electron chi connectivity index (χ0n) is 11.3. The lowest BCUT2D eigenvalue weighted by molar-refractivity contribution is 0.153. The first-order valence-corrected chi connectivity index (χ1v) is 6.93. The number of imidazole rings is 1. The SMILES string of the molecule is CCCNC1CC(C)CC(C)C1n1ccnc1. The minimum atomic E-state index is 0.570. The average Bonchev–Trinajstić information content (AvgIpc) is 2.78. The summed E-state index contributed by atoms with van der Waals surface area (Å²) in [5.74, 6) is 1.56. The summed E-state index contributed by atoms with van der Waals surface area (Å²) in [6.45, 7) is 8.10. The van der Waals surface area contributed by atoms with Crippen molar-refractivity contribution in [3.05, 3.63) is 18.7 Å². The summed E-state index contributed by atoms with van der Waals surface area (Å²) >= 11 is 0. The van der Waals surface area contributed by atoms with Crippen LogP contribution in [0, 0.1) is 11.8 Å². The summed E-state index contributed by atoms with van der Waals surface area (Å²) in [6.07, 6.45) is 9.79. The first-order chi connectivity index (χ1) is 8.22. The number of nitrogens with zero attached hydrogens (tertiary/aromatic N) is 2. The summed E-state index contributed by atoms with van der Waals surface area (Å²) in [5.41, 5.74) is 0. The van der Waals surface area contributed by atoms with E-state index in [1.807, 2.05) is 12.5 Å². The largest absolute Gasteiger partial charge is 0.333 e. The lowest BCUT2D eigenvalue weighted by Crippen LogP contribution is -2.45. The van der Waals surface area contributed by atoms with Crippen molar-refractivity contribution in [3.8, 4) is 0 Å². The Labute approximate surface area is 105 Å². The van der Waals surface area contributed by atoms with Crippen LogP contribution in [0.3, 0.4) is 0 Å². The molecule has 1 aliphatic carbocycles. The third-order valence-electron chi connectivity index (χ3n) is 3.95. The maximum atomic E-state index is 4.20. The summed E-state index contributed by atoms with van der Waals surface area (Å²) < 4.78 is 2.30. The molecule has 2 rings (SSSR count). The van der Waals surface area contributed by atoms with E-state index in [0.29, 0.717) is 12.1 Å². The molecule has 0 bridgehead atoms. The second kappa shape index (κ2) is 5.67. The lowest BCUT2D eigenvalue weighted by atomic mass is 9.76. The molecule has 17 heavy (non-hydrogen) atoms. The van der Waals surface area contributed by atoms with Crippen molar-refractivity contribution in [1.82, 2.24) is 14.9 Å². The monoisotopic (exact) mass is 235 g/mol. The Morgan fingerprint density at radius 2 is 2.18 bits per heavy atom. The summed E-state index contributed by atoms with van der Waals surface area (Å²) in [7, 11) is 0. The molecular formula is C14H25N3. The van der Waals surface area contributed by atoms with Crippen LogP contribution in [0.1, 0.15) is 46.1 Å². The molecule has 1 aromatic heterocycles. The zero-order valence-corrected chi connectivity index (χ0v) is 11.3. The summed E-state index contributed by atoms with van der Waals surface area (Å²) in [4.78, 5) is 4.20. The van der Waals surface area contributed by atoms with Crippen molar-refractivity contribution < 1.29 is 0 Å². The quantitative estimate of drug-likeness (QED) is 0.869. The highest BCUT2D eigenvalue weighted by Crippen LogP contribution is 2.36. The van der Waals surface area contributed by atoms with Crippen molar-refractivity contribution in [3.63, 3.8) is 0 Å². The summed E-state index contributed by atoms with van der Waals surface area (Å²) in [6, 6.07) is 1.17. The van der Waals surface area contributed by atoms with Crippen LogP contribution in [0.5, 0.6) is 0 Å². The molecular weight excluding hydrogens is 210 g/mol. The van der Waals surface area contributed by atoms with Crippen LogP contribution < -0.4 is 5.32 Å². The van der Waals surface area contributed by atoms with E-state index >= 15 is 0 Å². The molecule has 0 spiro atoms. The van der Waals surface area contributed by atoms with E-state index < -0.39 is 0 Å². The predicted octanol–water partition coefficient (Wildman–Crippen LogP) is 2.86. The van der Waals surface area contributed by atoms with Gasteiger partial charge in [-0.05, 0) is 37.6 Å². The lowest BCUT2D eigenvalue weighted by Gasteiger charge is -2.40. The number of rotatable bonds is 4. The second-order valence-corrected chi connectivity index (χ2v) is 5.61. The zero-order chi connectivity index (χ0) is 12.3. The van der Waals surface area contributed by atoms with Gasteiger partial charge in [-0.15, -0.1) is 0 Å². The van der Waals surface area contributed by atoms with Gasteiger partial charge in [0.1, 0.15) is 0 Å². The first-order valence-electron chi connectivity index (χ1n) is 6.93. The molecule has 4 atom stereocenters. The average molecular weight is 235 g/mol. The van der Waals surface area contributed by atoms with E-state index in [-0.39, 0.29) is 0 Å². The van der Waals surface area contributed by atoms with Crippen molar-refractivity contribution >= 4 is 0 Å². The van der Waals surface area contributed by atoms with E-state index in [1.165, 1.54) is 19.3 Å². The van der Waals surface area contributed by atoms with Gasteiger partial charge in [0.05, 0.1) is 12.4 Å². The Kier molecular flexibility index (Phi) is 4.21. The van der Waals surface area contributed by atoms with Crippen molar-refractivity contribution in [2.75, 3.05) is 6.54 Å². The molecule has 3 nitrogen and oxygen atoms in total. The molecule has 0 amide bonds. The predicted molar refractivity (Wildman–Crippen MR) is 70.9 cm³/mol. The second-order valence-electron chi connectivity index (χ2n) is 5.61. The number of nitrogens with one attached hydrogen (secondary N) is 1. The molecule has 1 heterocycles. The molecule has 1 N–H and O–H groups in total. The van der Waals surface area contributed by atoms with E-state index in [0.717, 1.165) is 18.4 Å². The van der Waals surface area contributed by atoms with E-state index in [9.17, 15) is 0 Å². The van der Waals surface area contributed by atoms with Crippen LogP contribution in [-0.2, 0) is 0 Å². The third-order valence-corrected chi connectivity index (χ3v) is 3.95. The Morgan fingerprint density at radius 1 is 1.35 bits per heavy atom. The standard InChI is InChI=1S/C14H25N3/c1-4-5-16-13-9-11(2)8-12(3)14(13)17-7-6-15-10-17/h6-7,10-14,16H,4-5,8-9H2,1-3H3. The van der Waals surface area contributed by atoms with Crippen molar-refractivity contribution in [1.29, 1.82) is 0 Å². The molecule has 4 unspecified atom stereocenters. The molecule has 0 aromatic carbocycles. The number of aromatic nitrogens is 2. The molecule has 1 saturated carbocycles. The van der Waals surface area contributed by atoms with Gasteiger partial charge in [-0.25, -0.2) is 4.98 Å². The highest BCUT2D eigenvalue weighted by molar-refractivity contribution is 4.94. The minimum absolute atomic E-state index is 0.570. The third kappa shape index (κ3) is 2.89. The summed E-state index contributed by atoms with van der Waals surface area (Å²) in [5, 5.41) is 3.72. The van der Waals surface area contributed by atoms with E-state index in [4.69, 9.17) is 0 Å². The van der Waals surface area contributed by atoms with Gasteiger partial charge in [0.25, 0.3) is 0 Å². The van der Waals surface area contributed by atoms with Crippen LogP contribution in [0.15, 0.2) is 18.7 Å². The smallest absolute Gasteiger partial charge is 0.0949 e. The van der Waals surface area contributed by atoms with Gasteiger partial charge in [-0.1, -0.05) is 20.8 Å². The van der Waals surface area contributed by atoms with Crippen molar-refractivity contribution in [2.24, 2.45) is 11.8 Å². The van der Waals surface area contributed by atoms with E-state index in [1.54, 1.807) is 0 Å². The van der Waals surface area contributed by atoms with Gasteiger partial charge >= 0.3 is 0 Å². The highest BCUT2D eigenvalue weighted by atomic mass is 15.1. The Morgan fingerprint density at radius 3 is 2.82 bits per heavy atom. The van der Waals surface area contributed by atoms with Crippen LogP contribution in [0.4, 0.5) is 0 Å².